The van der Waals surface area contributed by atoms with Crippen LogP contribution in [0.25, 0.3) is 0 Å². The highest BCUT2D eigenvalue weighted by molar-refractivity contribution is 5.95. The Labute approximate surface area is 122 Å². The molecule has 1 saturated heterocycles. The molecule has 1 aromatic rings. The molecule has 21 heavy (non-hydrogen) atoms. The Kier molecular flexibility index (Phi) is 4.88. The molecule has 1 fully saturated rings. The van der Waals surface area contributed by atoms with Crippen molar-refractivity contribution in [3.05, 3.63) is 35.4 Å². The van der Waals surface area contributed by atoms with Gasteiger partial charge in [-0.15, -0.1) is 0 Å². The van der Waals surface area contributed by atoms with Crippen molar-refractivity contribution in [1.29, 1.82) is 0 Å². The molecule has 1 aliphatic rings. The van der Waals surface area contributed by atoms with E-state index in [9.17, 15) is 18.0 Å². The van der Waals surface area contributed by atoms with Crippen LogP contribution in [-0.2, 0) is 6.18 Å². The first-order chi connectivity index (χ1) is 9.89. The zero-order valence-electron chi connectivity index (χ0n) is 11.9. The van der Waals surface area contributed by atoms with Crippen LogP contribution in [0.5, 0.6) is 0 Å². The second-order valence-corrected chi connectivity index (χ2v) is 5.42. The predicted molar refractivity (Wildman–Crippen MR) is 74.0 cm³/mol. The van der Waals surface area contributed by atoms with Crippen molar-refractivity contribution in [2.75, 3.05) is 26.7 Å². The number of benzene rings is 1. The van der Waals surface area contributed by atoms with Gasteiger partial charge in [0.25, 0.3) is 5.91 Å². The summed E-state index contributed by atoms with van der Waals surface area (Å²) >= 11 is 0. The second-order valence-electron chi connectivity index (χ2n) is 5.42. The molecular weight excluding hydrogens is 281 g/mol. The van der Waals surface area contributed by atoms with Crippen molar-refractivity contribution in [2.45, 2.75) is 19.0 Å². The highest BCUT2D eigenvalue weighted by Crippen LogP contribution is 2.32. The Morgan fingerprint density at radius 2 is 1.90 bits per heavy atom. The van der Waals surface area contributed by atoms with Crippen molar-refractivity contribution < 1.29 is 18.0 Å². The Hall–Kier alpha value is -1.56. The number of alkyl halides is 3. The Bertz CT molecular complexity index is 496. The summed E-state index contributed by atoms with van der Waals surface area (Å²) in [5.74, 6) is -0.222. The molecule has 0 aliphatic carbocycles. The summed E-state index contributed by atoms with van der Waals surface area (Å²) in [6, 6.07) is 4.95. The maximum atomic E-state index is 13.0. The number of hydrogen-bond donors (Lipinski definition) is 1. The summed E-state index contributed by atoms with van der Waals surface area (Å²) in [7, 11) is 1.57. The molecule has 1 amide bonds. The molecule has 0 saturated carbocycles. The number of nitrogens with zero attached hydrogens (tertiary/aromatic N) is 1. The third-order valence-electron chi connectivity index (χ3n) is 3.80. The summed E-state index contributed by atoms with van der Waals surface area (Å²) < 4.78 is 38.9. The van der Waals surface area contributed by atoms with E-state index in [0.717, 1.165) is 32.0 Å². The Balaban J connectivity index is 2.12. The highest BCUT2D eigenvalue weighted by Gasteiger charge is 2.35. The fourth-order valence-corrected chi connectivity index (χ4v) is 2.66. The molecule has 1 aliphatic heterocycles. The molecule has 1 N–H and O–H groups in total. The average molecular weight is 300 g/mol. The fraction of sp³-hybridized carbons (Fsp3) is 0.533. The first kappa shape index (κ1) is 15.8. The van der Waals surface area contributed by atoms with Crippen LogP contribution in [0.1, 0.15) is 28.8 Å². The smallest absolute Gasteiger partial charge is 0.341 e. The summed E-state index contributed by atoms with van der Waals surface area (Å²) in [5, 5.41) is 3.23. The maximum absolute atomic E-state index is 13.0. The second kappa shape index (κ2) is 6.47. The van der Waals surface area contributed by atoms with Crippen molar-refractivity contribution in [1.82, 2.24) is 10.2 Å². The van der Waals surface area contributed by atoms with Crippen LogP contribution in [0.2, 0.25) is 0 Å². The number of amides is 1. The van der Waals surface area contributed by atoms with Gasteiger partial charge in [-0.2, -0.15) is 13.2 Å². The standard InChI is InChI=1S/C15H19F3N2O/c1-20(10-11-6-8-19-9-7-11)14(21)12-4-2-3-5-13(12)15(16,17)18/h2-5,11,19H,6-10H2,1H3. The zero-order valence-corrected chi connectivity index (χ0v) is 11.9. The van der Waals surface area contributed by atoms with Crippen LogP contribution in [0.3, 0.4) is 0 Å². The van der Waals surface area contributed by atoms with Crippen molar-refractivity contribution in [3.63, 3.8) is 0 Å². The van der Waals surface area contributed by atoms with Gasteiger partial charge in [-0.3, -0.25) is 4.79 Å². The van der Waals surface area contributed by atoms with Gasteiger partial charge in [-0.05, 0) is 44.0 Å². The van der Waals surface area contributed by atoms with Gasteiger partial charge >= 0.3 is 6.18 Å². The van der Waals surface area contributed by atoms with E-state index >= 15 is 0 Å². The molecule has 0 atom stereocenters. The molecule has 0 radical (unpaired) electrons. The molecular formula is C15H19F3N2O. The first-order valence-corrected chi connectivity index (χ1v) is 7.02. The molecule has 6 heteroatoms. The van der Waals surface area contributed by atoms with Crippen LogP contribution in [-0.4, -0.2) is 37.5 Å². The minimum Gasteiger partial charge on any atom is -0.341 e. The normalized spacial score (nSPS) is 16.8. The van der Waals surface area contributed by atoms with Crippen LogP contribution < -0.4 is 5.32 Å². The summed E-state index contributed by atoms with van der Waals surface area (Å²) in [6.45, 7) is 2.28. The van der Waals surface area contributed by atoms with E-state index in [2.05, 4.69) is 5.32 Å². The minimum absolute atomic E-state index is 0.276. The van der Waals surface area contributed by atoms with E-state index in [-0.39, 0.29) is 5.56 Å². The zero-order chi connectivity index (χ0) is 15.5. The van der Waals surface area contributed by atoms with E-state index in [1.165, 1.54) is 23.1 Å². The highest BCUT2D eigenvalue weighted by atomic mass is 19.4. The molecule has 0 aromatic heterocycles. The van der Waals surface area contributed by atoms with E-state index in [4.69, 9.17) is 0 Å². The first-order valence-electron chi connectivity index (χ1n) is 7.02. The number of nitrogens with one attached hydrogen (secondary N) is 1. The number of rotatable bonds is 3. The van der Waals surface area contributed by atoms with Gasteiger partial charge in [0.1, 0.15) is 0 Å². The van der Waals surface area contributed by atoms with E-state index < -0.39 is 17.6 Å². The Morgan fingerprint density at radius 1 is 1.29 bits per heavy atom. The quantitative estimate of drug-likeness (QED) is 0.931. The van der Waals surface area contributed by atoms with Gasteiger partial charge in [0.15, 0.2) is 0 Å². The topological polar surface area (TPSA) is 32.3 Å². The maximum Gasteiger partial charge on any atom is 0.417 e. The van der Waals surface area contributed by atoms with Gasteiger partial charge in [0.05, 0.1) is 11.1 Å². The molecule has 2 rings (SSSR count). The number of piperidine rings is 1. The van der Waals surface area contributed by atoms with Gasteiger partial charge in [-0.25, -0.2) is 0 Å². The lowest BCUT2D eigenvalue weighted by Crippen LogP contribution is -2.37. The van der Waals surface area contributed by atoms with Crippen molar-refractivity contribution >= 4 is 5.91 Å². The van der Waals surface area contributed by atoms with E-state index in [1.54, 1.807) is 7.05 Å². The molecule has 1 heterocycles. The van der Waals surface area contributed by atoms with Crippen LogP contribution >= 0.6 is 0 Å². The number of halogens is 3. The number of carbonyl (C=O) groups is 1. The summed E-state index contributed by atoms with van der Waals surface area (Å²) in [5.41, 5.74) is -1.14. The summed E-state index contributed by atoms with van der Waals surface area (Å²) in [6.07, 6.45) is -2.63. The van der Waals surface area contributed by atoms with Gasteiger partial charge in [0, 0.05) is 13.6 Å². The van der Waals surface area contributed by atoms with Crippen molar-refractivity contribution in [2.24, 2.45) is 5.92 Å². The SMILES string of the molecule is CN(CC1CCNCC1)C(=O)c1ccccc1C(F)(F)F. The lowest BCUT2D eigenvalue weighted by Gasteiger charge is -2.28. The van der Waals surface area contributed by atoms with Crippen LogP contribution in [0.4, 0.5) is 13.2 Å². The fourth-order valence-electron chi connectivity index (χ4n) is 2.66. The Morgan fingerprint density at radius 3 is 2.52 bits per heavy atom. The predicted octanol–water partition coefficient (Wildman–Crippen LogP) is 2.78. The lowest BCUT2D eigenvalue weighted by atomic mass is 9.97. The van der Waals surface area contributed by atoms with Crippen molar-refractivity contribution in [3.8, 4) is 0 Å². The van der Waals surface area contributed by atoms with Crippen LogP contribution in [0, 0.1) is 5.92 Å². The van der Waals surface area contributed by atoms with E-state index in [0.29, 0.717) is 12.5 Å². The lowest BCUT2D eigenvalue weighted by molar-refractivity contribution is -0.138. The molecule has 0 bridgehead atoms. The number of hydrogen-bond acceptors (Lipinski definition) is 2. The molecule has 0 spiro atoms. The van der Waals surface area contributed by atoms with Gasteiger partial charge in [0.2, 0.25) is 0 Å². The third-order valence-corrected chi connectivity index (χ3v) is 3.80. The molecule has 1 aromatic carbocycles. The monoisotopic (exact) mass is 300 g/mol. The third kappa shape index (κ3) is 3.97. The average Bonchev–Trinajstić information content (AvgIpc) is 2.46. The number of carbonyl (C=O) groups excluding carboxylic acids is 1. The van der Waals surface area contributed by atoms with Gasteiger partial charge < -0.3 is 10.2 Å². The van der Waals surface area contributed by atoms with E-state index in [1.807, 2.05) is 0 Å². The molecule has 3 nitrogen and oxygen atoms in total. The van der Waals surface area contributed by atoms with Crippen LogP contribution in [0.15, 0.2) is 24.3 Å². The largest absolute Gasteiger partial charge is 0.417 e. The summed E-state index contributed by atoms with van der Waals surface area (Å²) in [4.78, 5) is 13.7. The molecule has 116 valence electrons. The van der Waals surface area contributed by atoms with Gasteiger partial charge in [-0.1, -0.05) is 12.1 Å². The molecule has 0 unspecified atom stereocenters. The minimum atomic E-state index is -4.51.